The number of aryl methyl sites for hydroxylation is 1. The molecule has 1 aromatic carbocycles. The molecule has 2 aliphatic rings. The van der Waals surface area contributed by atoms with Crippen molar-refractivity contribution in [2.45, 2.75) is 25.8 Å². The van der Waals surface area contributed by atoms with E-state index < -0.39 is 0 Å². The van der Waals surface area contributed by atoms with E-state index in [1.54, 1.807) is 4.90 Å². The fraction of sp³-hybridized carbons (Fsp3) is 0.476. The maximum atomic E-state index is 11.5. The van der Waals surface area contributed by atoms with Gasteiger partial charge in [0.05, 0.1) is 12.2 Å². The summed E-state index contributed by atoms with van der Waals surface area (Å²) >= 11 is 0. The molecule has 2 aliphatic heterocycles. The predicted octanol–water partition coefficient (Wildman–Crippen LogP) is 2.46. The largest absolute Gasteiger partial charge is 0.448 e. The first-order chi connectivity index (χ1) is 13.7. The van der Waals surface area contributed by atoms with Crippen LogP contribution in [0.1, 0.15) is 18.7 Å². The molecule has 4 rings (SSSR count). The molecule has 1 N–H and O–H groups in total. The highest BCUT2D eigenvalue weighted by Gasteiger charge is 2.23. The number of aromatic nitrogens is 2. The SMILES string of the molecule is Cc1nccc(-c2cccc(N3CCC(NCCN4CCOC4=O)CC3)c2)n1. The monoisotopic (exact) mass is 381 g/mol. The van der Waals surface area contributed by atoms with E-state index in [2.05, 4.69) is 44.5 Å². The molecule has 0 bridgehead atoms. The Morgan fingerprint density at radius 1 is 1.21 bits per heavy atom. The summed E-state index contributed by atoms with van der Waals surface area (Å²) in [6.45, 7) is 6.73. The van der Waals surface area contributed by atoms with E-state index in [-0.39, 0.29) is 6.09 Å². The van der Waals surface area contributed by atoms with Gasteiger partial charge in [-0.1, -0.05) is 12.1 Å². The quantitative estimate of drug-likeness (QED) is 0.829. The van der Waals surface area contributed by atoms with Crippen molar-refractivity contribution in [1.82, 2.24) is 20.2 Å². The number of hydrogen-bond acceptors (Lipinski definition) is 6. The molecule has 148 valence electrons. The van der Waals surface area contributed by atoms with Crippen molar-refractivity contribution < 1.29 is 9.53 Å². The number of piperidine rings is 1. The Morgan fingerprint density at radius 2 is 2.07 bits per heavy atom. The van der Waals surface area contributed by atoms with Crippen LogP contribution in [0, 0.1) is 6.92 Å². The zero-order valence-corrected chi connectivity index (χ0v) is 16.3. The third-order valence-electron chi connectivity index (χ3n) is 5.44. The second-order valence-electron chi connectivity index (χ2n) is 7.36. The van der Waals surface area contributed by atoms with Gasteiger partial charge in [0.2, 0.25) is 0 Å². The van der Waals surface area contributed by atoms with Gasteiger partial charge in [0.1, 0.15) is 12.4 Å². The van der Waals surface area contributed by atoms with E-state index in [0.29, 0.717) is 19.2 Å². The third kappa shape index (κ3) is 4.42. The van der Waals surface area contributed by atoms with Crippen LogP contribution in [0.3, 0.4) is 0 Å². The van der Waals surface area contributed by atoms with Crippen molar-refractivity contribution in [2.24, 2.45) is 0 Å². The summed E-state index contributed by atoms with van der Waals surface area (Å²) in [5.41, 5.74) is 3.33. The Morgan fingerprint density at radius 3 is 2.82 bits per heavy atom. The number of amides is 1. The number of hydrogen-bond donors (Lipinski definition) is 1. The summed E-state index contributed by atoms with van der Waals surface area (Å²) in [7, 11) is 0. The minimum Gasteiger partial charge on any atom is -0.448 e. The van der Waals surface area contributed by atoms with E-state index in [9.17, 15) is 4.79 Å². The number of carbonyl (C=O) groups is 1. The molecule has 2 fully saturated rings. The first kappa shape index (κ1) is 18.7. The molecule has 7 nitrogen and oxygen atoms in total. The number of ether oxygens (including phenoxy) is 1. The van der Waals surface area contributed by atoms with Gasteiger partial charge in [-0.15, -0.1) is 0 Å². The Balaban J connectivity index is 1.29. The second-order valence-corrected chi connectivity index (χ2v) is 7.36. The maximum absolute atomic E-state index is 11.5. The summed E-state index contributed by atoms with van der Waals surface area (Å²) in [6, 6.07) is 11.0. The normalized spacial score (nSPS) is 17.8. The lowest BCUT2D eigenvalue weighted by Gasteiger charge is -2.34. The maximum Gasteiger partial charge on any atom is 0.409 e. The average Bonchev–Trinajstić information content (AvgIpc) is 3.13. The molecule has 28 heavy (non-hydrogen) atoms. The molecule has 3 heterocycles. The lowest BCUT2D eigenvalue weighted by atomic mass is 10.0. The molecular weight excluding hydrogens is 354 g/mol. The highest BCUT2D eigenvalue weighted by molar-refractivity contribution is 5.69. The molecule has 7 heteroatoms. The van der Waals surface area contributed by atoms with Gasteiger partial charge >= 0.3 is 6.09 Å². The molecule has 0 saturated carbocycles. The van der Waals surface area contributed by atoms with Crippen LogP contribution in [0.15, 0.2) is 36.5 Å². The van der Waals surface area contributed by atoms with Crippen LogP contribution in [0.4, 0.5) is 10.5 Å². The molecule has 0 unspecified atom stereocenters. The highest BCUT2D eigenvalue weighted by Crippen LogP contribution is 2.25. The summed E-state index contributed by atoms with van der Waals surface area (Å²) in [6.07, 6.45) is 3.82. The first-order valence-corrected chi connectivity index (χ1v) is 9.99. The minimum absolute atomic E-state index is 0.185. The molecule has 0 spiro atoms. The van der Waals surface area contributed by atoms with Crippen LogP contribution < -0.4 is 10.2 Å². The molecule has 1 amide bonds. The van der Waals surface area contributed by atoms with Crippen LogP contribution in [0.25, 0.3) is 11.3 Å². The molecular formula is C21H27N5O2. The zero-order chi connectivity index (χ0) is 19.3. The van der Waals surface area contributed by atoms with E-state index in [4.69, 9.17) is 4.74 Å². The fourth-order valence-electron chi connectivity index (χ4n) is 3.85. The lowest BCUT2D eigenvalue weighted by molar-refractivity contribution is 0.158. The van der Waals surface area contributed by atoms with Gasteiger partial charge in [-0.05, 0) is 38.0 Å². The Hall–Kier alpha value is -2.67. The van der Waals surface area contributed by atoms with Gasteiger partial charge in [-0.3, -0.25) is 0 Å². The molecule has 2 aromatic rings. The molecule has 1 aromatic heterocycles. The summed E-state index contributed by atoms with van der Waals surface area (Å²) < 4.78 is 4.96. The Kier molecular flexibility index (Phi) is 5.71. The number of anilines is 1. The van der Waals surface area contributed by atoms with Crippen molar-refractivity contribution in [1.29, 1.82) is 0 Å². The van der Waals surface area contributed by atoms with Crippen molar-refractivity contribution >= 4 is 11.8 Å². The van der Waals surface area contributed by atoms with Gasteiger partial charge in [0.25, 0.3) is 0 Å². The number of benzene rings is 1. The van der Waals surface area contributed by atoms with E-state index in [1.807, 2.05) is 19.2 Å². The van der Waals surface area contributed by atoms with E-state index in [0.717, 1.165) is 56.1 Å². The van der Waals surface area contributed by atoms with Crippen molar-refractivity contribution in [3.05, 3.63) is 42.4 Å². The smallest absolute Gasteiger partial charge is 0.409 e. The van der Waals surface area contributed by atoms with Gasteiger partial charge in [-0.25, -0.2) is 14.8 Å². The average molecular weight is 381 g/mol. The van der Waals surface area contributed by atoms with Crippen LogP contribution in [-0.2, 0) is 4.74 Å². The summed E-state index contributed by atoms with van der Waals surface area (Å²) in [5.74, 6) is 0.789. The van der Waals surface area contributed by atoms with Gasteiger partial charge in [-0.2, -0.15) is 0 Å². The van der Waals surface area contributed by atoms with Crippen LogP contribution >= 0.6 is 0 Å². The molecule has 0 atom stereocenters. The molecule has 0 radical (unpaired) electrons. The minimum atomic E-state index is -0.185. The second kappa shape index (κ2) is 8.56. The van der Waals surface area contributed by atoms with Crippen LogP contribution in [0.5, 0.6) is 0 Å². The summed E-state index contributed by atoms with van der Waals surface area (Å²) in [5, 5.41) is 3.59. The molecule has 2 saturated heterocycles. The van der Waals surface area contributed by atoms with Gasteiger partial charge in [0.15, 0.2) is 0 Å². The Labute approximate surface area is 165 Å². The van der Waals surface area contributed by atoms with Gasteiger partial charge < -0.3 is 19.9 Å². The van der Waals surface area contributed by atoms with Crippen molar-refractivity contribution in [3.8, 4) is 11.3 Å². The number of nitrogens with zero attached hydrogens (tertiary/aromatic N) is 4. The van der Waals surface area contributed by atoms with Gasteiger partial charge in [0, 0.05) is 49.7 Å². The first-order valence-electron chi connectivity index (χ1n) is 9.99. The number of cyclic esters (lactones) is 1. The third-order valence-corrected chi connectivity index (χ3v) is 5.44. The van der Waals surface area contributed by atoms with E-state index in [1.165, 1.54) is 5.69 Å². The number of nitrogens with one attached hydrogen (secondary N) is 1. The summed E-state index contributed by atoms with van der Waals surface area (Å²) in [4.78, 5) is 24.4. The Bertz CT molecular complexity index is 820. The van der Waals surface area contributed by atoms with Crippen molar-refractivity contribution in [2.75, 3.05) is 44.2 Å². The fourth-order valence-corrected chi connectivity index (χ4v) is 3.85. The number of carbonyl (C=O) groups excluding carboxylic acids is 1. The van der Waals surface area contributed by atoms with Crippen molar-refractivity contribution in [3.63, 3.8) is 0 Å². The lowest BCUT2D eigenvalue weighted by Crippen LogP contribution is -2.44. The molecule has 0 aliphatic carbocycles. The number of rotatable bonds is 6. The predicted molar refractivity (Wildman–Crippen MR) is 108 cm³/mol. The van der Waals surface area contributed by atoms with Crippen LogP contribution in [-0.4, -0.2) is 66.3 Å². The zero-order valence-electron chi connectivity index (χ0n) is 16.3. The topological polar surface area (TPSA) is 70.6 Å². The highest BCUT2D eigenvalue weighted by atomic mass is 16.6. The standard InChI is InChI=1S/C21H27N5O2/c1-16-22-8-5-20(24-16)17-3-2-4-19(15-17)25-10-6-18(7-11-25)23-9-12-26-13-14-28-21(26)27/h2-5,8,15,18,23H,6-7,9-14H2,1H3. The van der Waals surface area contributed by atoms with E-state index >= 15 is 0 Å². The van der Waals surface area contributed by atoms with Crippen LogP contribution in [0.2, 0.25) is 0 Å².